The van der Waals surface area contributed by atoms with E-state index < -0.39 is 12.1 Å². The van der Waals surface area contributed by atoms with Crippen molar-refractivity contribution in [2.45, 2.75) is 20.0 Å². The molecule has 2 aromatic carbocycles. The van der Waals surface area contributed by atoms with Crippen molar-refractivity contribution >= 4 is 28.5 Å². The van der Waals surface area contributed by atoms with Crippen LogP contribution in [-0.2, 0) is 9.53 Å². The zero-order valence-electron chi connectivity index (χ0n) is 14.3. The van der Waals surface area contributed by atoms with Gasteiger partial charge in [-0.1, -0.05) is 11.6 Å². The van der Waals surface area contributed by atoms with Gasteiger partial charge < -0.3 is 14.2 Å². The van der Waals surface area contributed by atoms with Crippen LogP contribution in [0.1, 0.15) is 13.8 Å². The maximum Gasteiger partial charge on any atom is 0.347 e. The number of esters is 1. The number of carbonyl (C=O) groups excluding carboxylic acids is 1. The molecule has 1 aromatic heterocycles. The minimum absolute atomic E-state index is 0.230. The van der Waals surface area contributed by atoms with Crippen LogP contribution in [0.3, 0.4) is 0 Å². The summed E-state index contributed by atoms with van der Waals surface area (Å²) in [6.07, 6.45) is 0.972. The van der Waals surface area contributed by atoms with Crippen LogP contribution in [-0.4, -0.2) is 28.6 Å². The summed E-state index contributed by atoms with van der Waals surface area (Å²) in [5, 5.41) is 1.46. The lowest BCUT2D eigenvalue weighted by Crippen LogP contribution is -2.25. The Morgan fingerprint density at radius 2 is 1.88 bits per heavy atom. The van der Waals surface area contributed by atoms with E-state index in [1.54, 1.807) is 62.5 Å². The molecule has 0 aliphatic rings. The first kappa shape index (κ1) is 17.9. The summed E-state index contributed by atoms with van der Waals surface area (Å²) in [5.74, 6) is 0.680. The van der Waals surface area contributed by atoms with Gasteiger partial charge in [0.05, 0.1) is 12.1 Å². The third kappa shape index (κ3) is 4.40. The van der Waals surface area contributed by atoms with Crippen LogP contribution >= 0.6 is 11.6 Å². The number of ether oxygens (including phenoxy) is 3. The first-order valence-electron chi connectivity index (χ1n) is 8.08. The molecule has 6 nitrogen and oxygen atoms in total. The largest absolute Gasteiger partial charge is 0.479 e. The Bertz CT molecular complexity index is 915. The molecule has 0 bridgehead atoms. The van der Waals surface area contributed by atoms with Crippen molar-refractivity contribution in [2.24, 2.45) is 0 Å². The molecule has 0 radical (unpaired) electrons. The molecule has 1 atom stereocenters. The predicted molar refractivity (Wildman–Crippen MR) is 97.8 cm³/mol. The monoisotopic (exact) mass is 372 g/mol. The van der Waals surface area contributed by atoms with Crippen molar-refractivity contribution in [3.05, 3.63) is 53.7 Å². The number of nitrogens with zero attached hydrogens (tertiary/aromatic N) is 2. The molecule has 0 saturated carbocycles. The summed E-state index contributed by atoms with van der Waals surface area (Å²) in [6, 6.07) is 12.4. The maximum absolute atomic E-state index is 11.6. The minimum Gasteiger partial charge on any atom is -0.479 e. The molecule has 0 fully saturated rings. The molecule has 3 aromatic rings. The van der Waals surface area contributed by atoms with Gasteiger partial charge in [0.15, 0.2) is 6.10 Å². The summed E-state index contributed by atoms with van der Waals surface area (Å²) in [5.41, 5.74) is 0.739. The Morgan fingerprint density at radius 1 is 1.15 bits per heavy atom. The van der Waals surface area contributed by atoms with Crippen molar-refractivity contribution in [1.82, 2.24) is 9.97 Å². The van der Waals surface area contributed by atoms with Crippen LogP contribution in [0.2, 0.25) is 5.02 Å². The fourth-order valence-electron chi connectivity index (χ4n) is 2.24. The van der Waals surface area contributed by atoms with E-state index >= 15 is 0 Å². The number of hydrogen-bond donors (Lipinski definition) is 0. The van der Waals surface area contributed by atoms with Crippen LogP contribution in [0.4, 0.5) is 0 Å². The molecule has 26 heavy (non-hydrogen) atoms. The lowest BCUT2D eigenvalue weighted by atomic mass is 10.2. The molecule has 0 saturated heterocycles. The van der Waals surface area contributed by atoms with Crippen molar-refractivity contribution < 1.29 is 19.0 Å². The summed E-state index contributed by atoms with van der Waals surface area (Å²) in [6.45, 7) is 3.70. The normalized spacial score (nSPS) is 11.8. The summed E-state index contributed by atoms with van der Waals surface area (Å²) < 4.78 is 16.1. The molecule has 3 rings (SSSR count). The first-order valence-corrected chi connectivity index (χ1v) is 8.46. The number of rotatable bonds is 6. The number of halogens is 1. The molecule has 7 heteroatoms. The Morgan fingerprint density at radius 3 is 2.62 bits per heavy atom. The number of aromatic nitrogens is 2. The van der Waals surface area contributed by atoms with E-state index in [1.807, 2.05) is 0 Å². The fourth-order valence-corrected chi connectivity index (χ4v) is 2.42. The van der Waals surface area contributed by atoms with Crippen LogP contribution in [0.5, 0.6) is 17.5 Å². The lowest BCUT2D eigenvalue weighted by Gasteiger charge is -2.13. The van der Waals surface area contributed by atoms with Crippen molar-refractivity contribution in [1.29, 1.82) is 0 Å². The number of hydrogen-bond acceptors (Lipinski definition) is 6. The minimum atomic E-state index is -0.683. The van der Waals surface area contributed by atoms with Crippen LogP contribution in [0.25, 0.3) is 10.9 Å². The van der Waals surface area contributed by atoms with Crippen LogP contribution < -0.4 is 9.47 Å². The highest BCUT2D eigenvalue weighted by molar-refractivity contribution is 6.31. The molecule has 0 amide bonds. The van der Waals surface area contributed by atoms with Gasteiger partial charge in [-0.05, 0) is 56.3 Å². The van der Waals surface area contributed by atoms with Crippen LogP contribution in [0, 0.1) is 0 Å². The molecule has 0 aliphatic heterocycles. The van der Waals surface area contributed by atoms with Crippen molar-refractivity contribution in [3.63, 3.8) is 0 Å². The maximum atomic E-state index is 11.6. The van der Waals surface area contributed by atoms with E-state index in [1.165, 1.54) is 0 Å². The Balaban J connectivity index is 1.67. The smallest absolute Gasteiger partial charge is 0.347 e. The van der Waals surface area contributed by atoms with Crippen molar-refractivity contribution in [2.75, 3.05) is 6.61 Å². The van der Waals surface area contributed by atoms with Crippen LogP contribution in [0.15, 0.2) is 48.7 Å². The Labute approximate surface area is 155 Å². The summed E-state index contributed by atoms with van der Waals surface area (Å²) in [7, 11) is 0. The second-order valence-corrected chi connectivity index (χ2v) is 5.88. The predicted octanol–water partition coefficient (Wildman–Crippen LogP) is 4.41. The fraction of sp³-hybridized carbons (Fsp3) is 0.211. The van der Waals surface area contributed by atoms with E-state index in [4.69, 9.17) is 25.8 Å². The summed E-state index contributed by atoms with van der Waals surface area (Å²) in [4.78, 5) is 20.1. The van der Waals surface area contributed by atoms with Gasteiger partial charge in [0.25, 0.3) is 0 Å². The second-order valence-electron chi connectivity index (χ2n) is 5.44. The number of fused-ring (bicyclic) bond motifs is 1. The average Bonchev–Trinajstić information content (AvgIpc) is 2.63. The SMILES string of the molecule is CCOC(=O)[C@@H](C)Oc1ccc(Oc2ncc3cc(Cl)ccc3n2)cc1. The van der Waals surface area contributed by atoms with Gasteiger partial charge in [0.1, 0.15) is 11.5 Å². The molecular formula is C19H17ClN2O4. The van der Waals surface area contributed by atoms with E-state index in [0.29, 0.717) is 23.1 Å². The summed E-state index contributed by atoms with van der Waals surface area (Å²) >= 11 is 5.95. The zero-order valence-corrected chi connectivity index (χ0v) is 15.1. The molecule has 134 valence electrons. The Hall–Kier alpha value is -2.86. The third-order valence-electron chi connectivity index (χ3n) is 3.48. The second kappa shape index (κ2) is 8.01. The molecular weight excluding hydrogens is 356 g/mol. The van der Waals surface area contributed by atoms with Crippen molar-refractivity contribution in [3.8, 4) is 17.5 Å². The lowest BCUT2D eigenvalue weighted by molar-refractivity contribution is -0.150. The molecule has 0 unspecified atom stereocenters. The standard InChI is InChI=1S/C19H17ClN2O4/c1-3-24-18(23)12(2)25-15-5-7-16(8-6-15)26-19-21-11-13-10-14(20)4-9-17(13)22-19/h4-12H,3H2,1-2H3/t12-/m1/s1. The van der Waals surface area contributed by atoms with E-state index in [0.717, 1.165) is 10.9 Å². The van der Waals surface area contributed by atoms with Gasteiger partial charge >= 0.3 is 12.0 Å². The Kier molecular flexibility index (Phi) is 5.53. The third-order valence-corrected chi connectivity index (χ3v) is 3.72. The van der Waals surface area contributed by atoms with Gasteiger partial charge in [-0.3, -0.25) is 0 Å². The molecule has 1 heterocycles. The van der Waals surface area contributed by atoms with Gasteiger partial charge in [0.2, 0.25) is 0 Å². The van der Waals surface area contributed by atoms with Gasteiger partial charge in [-0.2, -0.15) is 4.98 Å². The van der Waals surface area contributed by atoms with E-state index in [2.05, 4.69) is 9.97 Å². The highest BCUT2D eigenvalue weighted by Crippen LogP contribution is 2.24. The topological polar surface area (TPSA) is 70.5 Å². The average molecular weight is 373 g/mol. The first-order chi connectivity index (χ1) is 12.5. The quantitative estimate of drug-likeness (QED) is 0.597. The van der Waals surface area contributed by atoms with Gasteiger partial charge in [-0.25, -0.2) is 9.78 Å². The van der Waals surface area contributed by atoms with E-state index in [9.17, 15) is 4.79 Å². The molecule has 0 spiro atoms. The molecule has 0 N–H and O–H groups in total. The highest BCUT2D eigenvalue weighted by atomic mass is 35.5. The highest BCUT2D eigenvalue weighted by Gasteiger charge is 2.15. The number of carbonyl (C=O) groups is 1. The zero-order chi connectivity index (χ0) is 18.5. The van der Waals surface area contributed by atoms with Gasteiger partial charge in [0, 0.05) is 16.6 Å². The number of benzene rings is 2. The van der Waals surface area contributed by atoms with Gasteiger partial charge in [-0.15, -0.1) is 0 Å². The van der Waals surface area contributed by atoms with E-state index in [-0.39, 0.29) is 6.01 Å². The molecule has 0 aliphatic carbocycles.